The zero-order valence-electron chi connectivity index (χ0n) is 23.6. The molecule has 1 saturated carbocycles. The molecule has 1 aliphatic carbocycles. The highest BCUT2D eigenvalue weighted by atomic mass is 35.5. The number of fused-ring (bicyclic) bond motifs is 1. The van der Waals surface area contributed by atoms with E-state index >= 15 is 0 Å². The van der Waals surface area contributed by atoms with Crippen molar-refractivity contribution in [3.8, 4) is 5.75 Å². The predicted molar refractivity (Wildman–Crippen MR) is 169 cm³/mol. The van der Waals surface area contributed by atoms with Crippen molar-refractivity contribution in [1.29, 1.82) is 0 Å². The van der Waals surface area contributed by atoms with Crippen LogP contribution in [0.4, 0.5) is 0 Å². The summed E-state index contributed by atoms with van der Waals surface area (Å²) in [6, 6.07) is 14.1. The van der Waals surface area contributed by atoms with Crippen LogP contribution in [0.1, 0.15) is 76.1 Å². The smallest absolute Gasteiger partial charge is 0.148 e. The third kappa shape index (κ3) is 8.76. The highest BCUT2D eigenvalue weighted by molar-refractivity contribution is 6.30. The van der Waals surface area contributed by atoms with Gasteiger partial charge >= 0.3 is 0 Å². The third-order valence-electron chi connectivity index (χ3n) is 8.65. The fourth-order valence-corrected chi connectivity index (χ4v) is 6.78. The lowest BCUT2D eigenvalue weighted by molar-refractivity contribution is 0.129. The molecule has 0 spiro atoms. The maximum Gasteiger partial charge on any atom is 0.148 e. The molecule has 3 aromatic rings. The summed E-state index contributed by atoms with van der Waals surface area (Å²) >= 11 is 6.04. The molecule has 2 heterocycles. The highest BCUT2D eigenvalue weighted by Crippen LogP contribution is 2.32. The van der Waals surface area contributed by atoms with Crippen molar-refractivity contribution in [1.82, 2.24) is 14.5 Å². The van der Waals surface area contributed by atoms with Gasteiger partial charge in [0, 0.05) is 24.7 Å². The Morgan fingerprint density at radius 3 is 2.49 bits per heavy atom. The second-order valence-electron chi connectivity index (χ2n) is 11.8. The van der Waals surface area contributed by atoms with Crippen molar-refractivity contribution < 1.29 is 4.74 Å². The lowest BCUT2D eigenvalue weighted by Gasteiger charge is -2.36. The van der Waals surface area contributed by atoms with E-state index in [1.54, 1.807) is 0 Å². The summed E-state index contributed by atoms with van der Waals surface area (Å²) in [5.41, 5.74) is 3.52. The number of hydrogen-bond acceptors (Lipinski definition) is 3. The van der Waals surface area contributed by atoms with Gasteiger partial charge in [-0.05, 0) is 92.8 Å². The van der Waals surface area contributed by atoms with Crippen LogP contribution in [0.3, 0.4) is 0 Å². The van der Waals surface area contributed by atoms with Crippen molar-refractivity contribution in [3.05, 3.63) is 58.9 Å². The minimum atomic E-state index is 0. The number of imidazole rings is 1. The lowest BCUT2D eigenvalue weighted by Crippen LogP contribution is -2.39. The van der Waals surface area contributed by atoms with E-state index in [0.29, 0.717) is 12.5 Å². The van der Waals surface area contributed by atoms with Crippen LogP contribution < -0.4 is 4.74 Å². The number of piperidine rings is 1. The summed E-state index contributed by atoms with van der Waals surface area (Å²) in [4.78, 5) is 7.77. The van der Waals surface area contributed by atoms with E-state index in [0.717, 1.165) is 46.9 Å². The first-order valence-corrected chi connectivity index (χ1v) is 15.0. The van der Waals surface area contributed by atoms with Crippen LogP contribution >= 0.6 is 36.4 Å². The average Bonchev–Trinajstić information content (AvgIpc) is 3.27. The van der Waals surface area contributed by atoms with Crippen molar-refractivity contribution in [3.63, 3.8) is 0 Å². The van der Waals surface area contributed by atoms with Gasteiger partial charge in [0.25, 0.3) is 0 Å². The van der Waals surface area contributed by atoms with Crippen LogP contribution in [0.2, 0.25) is 5.02 Å². The number of likely N-dealkylation sites (tertiary alicyclic amines) is 1. The average molecular weight is 595 g/mol. The summed E-state index contributed by atoms with van der Waals surface area (Å²) in [7, 11) is 0. The number of aryl methyl sites for hydroxylation is 2. The van der Waals surface area contributed by atoms with Crippen molar-refractivity contribution in [2.75, 3.05) is 19.6 Å². The molecule has 2 fully saturated rings. The number of rotatable bonds is 10. The molecule has 39 heavy (non-hydrogen) atoms. The standard InChI is InChI=1S/C32H44ClN3O.2ClH/c1-24(21-35-18-7-11-27(22-35)20-26-9-4-3-5-10-26)17-19-36-30-12-6-8-25(2)32(30)34-31(36)23-37-29-15-13-28(33)14-16-29;;/h6,8,12-16,24,26-27H,3-5,7,9-11,17-23H2,1-2H3;2*1H. The molecule has 0 bridgehead atoms. The minimum Gasteiger partial charge on any atom is -0.486 e. The maximum atomic E-state index is 6.11. The summed E-state index contributed by atoms with van der Waals surface area (Å²) in [5, 5.41) is 0.721. The highest BCUT2D eigenvalue weighted by Gasteiger charge is 2.25. The molecule has 5 rings (SSSR count). The van der Waals surface area contributed by atoms with Gasteiger partial charge in [-0.3, -0.25) is 0 Å². The van der Waals surface area contributed by atoms with Gasteiger partial charge < -0.3 is 14.2 Å². The molecule has 1 aliphatic heterocycles. The Labute approximate surface area is 252 Å². The second kappa shape index (κ2) is 15.5. The Morgan fingerprint density at radius 1 is 0.974 bits per heavy atom. The quantitative estimate of drug-likeness (QED) is 0.234. The van der Waals surface area contributed by atoms with E-state index in [1.807, 2.05) is 24.3 Å². The number of para-hydroxylation sites is 1. The fourth-order valence-electron chi connectivity index (χ4n) is 6.66. The topological polar surface area (TPSA) is 30.3 Å². The molecule has 2 aliphatic rings. The molecule has 2 aromatic carbocycles. The summed E-state index contributed by atoms with van der Waals surface area (Å²) in [5.74, 6) is 4.39. The summed E-state index contributed by atoms with van der Waals surface area (Å²) in [6.07, 6.45) is 12.8. The second-order valence-corrected chi connectivity index (χ2v) is 12.2. The number of nitrogens with zero attached hydrogens (tertiary/aromatic N) is 3. The fraction of sp³-hybridized carbons (Fsp3) is 0.594. The van der Waals surface area contributed by atoms with Gasteiger partial charge in [0.1, 0.15) is 18.2 Å². The van der Waals surface area contributed by atoms with Crippen molar-refractivity contribution in [2.24, 2.45) is 17.8 Å². The first-order valence-electron chi connectivity index (χ1n) is 14.6. The van der Waals surface area contributed by atoms with E-state index in [4.69, 9.17) is 21.3 Å². The molecular weight excluding hydrogens is 549 g/mol. The number of halogens is 3. The Kier molecular flexibility index (Phi) is 12.8. The minimum absolute atomic E-state index is 0. The van der Waals surface area contributed by atoms with Gasteiger partial charge in [-0.25, -0.2) is 4.98 Å². The molecule has 1 aromatic heterocycles. The normalized spacial score (nSPS) is 19.3. The van der Waals surface area contributed by atoms with Crippen molar-refractivity contribution in [2.45, 2.75) is 84.8 Å². The van der Waals surface area contributed by atoms with Crippen LogP contribution in [-0.2, 0) is 13.2 Å². The summed E-state index contributed by atoms with van der Waals surface area (Å²) < 4.78 is 8.50. The zero-order chi connectivity index (χ0) is 25.6. The van der Waals surface area contributed by atoms with E-state index in [1.165, 1.54) is 82.1 Å². The van der Waals surface area contributed by atoms with Gasteiger partial charge in [0.05, 0.1) is 11.0 Å². The van der Waals surface area contributed by atoms with Crippen LogP contribution in [-0.4, -0.2) is 34.1 Å². The molecule has 0 radical (unpaired) electrons. The van der Waals surface area contributed by atoms with Crippen LogP contribution in [0.5, 0.6) is 5.75 Å². The summed E-state index contributed by atoms with van der Waals surface area (Å²) in [6.45, 7) is 9.81. The molecule has 2 atom stereocenters. The van der Waals surface area contributed by atoms with Crippen LogP contribution in [0.25, 0.3) is 11.0 Å². The number of ether oxygens (including phenoxy) is 1. The Balaban J connectivity index is 0.00000210. The number of hydrogen-bond donors (Lipinski definition) is 0. The van der Waals surface area contributed by atoms with E-state index in [2.05, 4.69) is 41.5 Å². The number of aromatic nitrogens is 2. The molecule has 4 nitrogen and oxygen atoms in total. The SMILES string of the molecule is Cc1cccc2c1nc(COc1ccc(Cl)cc1)n2CCC(C)CN1CCCC(CC2CCCCC2)C1.Cl.Cl. The first kappa shape index (κ1) is 32.1. The van der Waals surface area contributed by atoms with Crippen LogP contribution in [0.15, 0.2) is 42.5 Å². The molecule has 2 unspecified atom stereocenters. The predicted octanol–water partition coefficient (Wildman–Crippen LogP) is 9.13. The van der Waals surface area contributed by atoms with E-state index in [-0.39, 0.29) is 24.8 Å². The number of benzene rings is 2. The van der Waals surface area contributed by atoms with Crippen LogP contribution in [0, 0.1) is 24.7 Å². The Bertz CT molecular complexity index is 1140. The largest absolute Gasteiger partial charge is 0.486 e. The molecule has 1 saturated heterocycles. The monoisotopic (exact) mass is 593 g/mol. The molecule has 0 N–H and O–H groups in total. The van der Waals surface area contributed by atoms with Gasteiger partial charge in [-0.15, -0.1) is 24.8 Å². The molecule has 0 amide bonds. The third-order valence-corrected chi connectivity index (χ3v) is 8.90. The van der Waals surface area contributed by atoms with Gasteiger partial charge in [0.15, 0.2) is 0 Å². The van der Waals surface area contributed by atoms with E-state index < -0.39 is 0 Å². The maximum absolute atomic E-state index is 6.11. The van der Waals surface area contributed by atoms with Gasteiger partial charge in [0.2, 0.25) is 0 Å². The van der Waals surface area contributed by atoms with Gasteiger partial charge in [-0.2, -0.15) is 0 Å². The zero-order valence-corrected chi connectivity index (χ0v) is 26.0. The molecular formula is C32H46Cl3N3O. The molecule has 216 valence electrons. The Morgan fingerprint density at radius 2 is 1.72 bits per heavy atom. The lowest BCUT2D eigenvalue weighted by atomic mass is 9.80. The first-order chi connectivity index (χ1) is 18.0. The van der Waals surface area contributed by atoms with Gasteiger partial charge in [-0.1, -0.05) is 62.8 Å². The van der Waals surface area contributed by atoms with Crippen molar-refractivity contribution >= 4 is 47.4 Å². The van der Waals surface area contributed by atoms with E-state index in [9.17, 15) is 0 Å². The Hall–Kier alpha value is -1.46. The molecule has 7 heteroatoms.